The predicted molar refractivity (Wildman–Crippen MR) is 61.4 cm³/mol. The quantitative estimate of drug-likeness (QED) is 0.848. The summed E-state index contributed by atoms with van der Waals surface area (Å²) < 4.78 is 36.2. The first-order valence-corrected chi connectivity index (χ1v) is 5.60. The van der Waals surface area contributed by atoms with Gasteiger partial charge in [-0.05, 0) is 12.1 Å². The van der Waals surface area contributed by atoms with Crippen LogP contribution < -0.4 is 10.2 Å². The normalized spacial score (nSPS) is 20.2. The molecule has 4 nitrogen and oxygen atoms in total. The lowest BCUT2D eigenvalue weighted by atomic mass is 10.2. The van der Waals surface area contributed by atoms with Crippen molar-refractivity contribution in [2.75, 3.05) is 11.4 Å². The van der Waals surface area contributed by atoms with Crippen molar-refractivity contribution in [3.05, 3.63) is 30.3 Å². The molecule has 1 heterocycles. The molecule has 0 radical (unpaired) electrons. The Labute approximate surface area is 107 Å². The lowest BCUT2D eigenvalue weighted by Crippen LogP contribution is -2.42. The monoisotopic (exact) mass is 272 g/mol. The fourth-order valence-electron chi connectivity index (χ4n) is 1.88. The Hall–Kier alpha value is -1.89. The van der Waals surface area contributed by atoms with Crippen LogP contribution in [-0.4, -0.2) is 30.6 Å². The Morgan fingerprint density at radius 1 is 1.21 bits per heavy atom. The van der Waals surface area contributed by atoms with Crippen molar-refractivity contribution in [3.8, 4) is 0 Å². The highest BCUT2D eigenvalue weighted by atomic mass is 19.4. The maximum absolute atomic E-state index is 12.1. The van der Waals surface area contributed by atoms with Gasteiger partial charge in [0.2, 0.25) is 5.91 Å². The molecule has 0 bridgehead atoms. The Kier molecular flexibility index (Phi) is 3.57. The van der Waals surface area contributed by atoms with E-state index >= 15 is 0 Å². The molecule has 2 amide bonds. The fourth-order valence-corrected chi connectivity index (χ4v) is 1.88. The van der Waals surface area contributed by atoms with E-state index in [9.17, 15) is 22.8 Å². The van der Waals surface area contributed by atoms with E-state index in [1.165, 1.54) is 0 Å². The van der Waals surface area contributed by atoms with E-state index in [0.29, 0.717) is 5.69 Å². The predicted octanol–water partition coefficient (Wildman–Crippen LogP) is 1.47. The minimum atomic E-state index is -4.41. The number of carbonyl (C=O) groups excluding carboxylic acids is 2. The number of para-hydroxylation sites is 1. The average molecular weight is 272 g/mol. The molecule has 102 valence electrons. The number of hydrogen-bond donors (Lipinski definition) is 1. The first kappa shape index (κ1) is 13.5. The topological polar surface area (TPSA) is 49.4 Å². The number of anilines is 1. The summed E-state index contributed by atoms with van der Waals surface area (Å²) >= 11 is 0. The molecule has 0 aromatic heterocycles. The number of halogens is 3. The highest BCUT2D eigenvalue weighted by Crippen LogP contribution is 2.23. The van der Waals surface area contributed by atoms with E-state index < -0.39 is 30.6 Å². The summed E-state index contributed by atoms with van der Waals surface area (Å²) in [5, 5.41) is 2.06. The van der Waals surface area contributed by atoms with Gasteiger partial charge in [0.05, 0.1) is 24.7 Å². The van der Waals surface area contributed by atoms with Crippen LogP contribution in [0.15, 0.2) is 30.3 Å². The minimum absolute atomic E-state index is 0.260. The molecule has 2 rings (SSSR count). The number of hydrogen-bond acceptors (Lipinski definition) is 3. The van der Waals surface area contributed by atoms with E-state index in [2.05, 4.69) is 5.32 Å². The van der Waals surface area contributed by atoms with Crippen molar-refractivity contribution in [1.29, 1.82) is 0 Å². The van der Waals surface area contributed by atoms with E-state index in [1.807, 2.05) is 0 Å². The summed E-state index contributed by atoms with van der Waals surface area (Å²) in [5.74, 6) is -1.16. The molecule has 1 fully saturated rings. The number of nitrogens with zero attached hydrogens (tertiary/aromatic N) is 1. The second kappa shape index (κ2) is 5.00. The lowest BCUT2D eigenvalue weighted by molar-refractivity contribution is -0.129. The maximum Gasteiger partial charge on any atom is 0.401 e. The van der Waals surface area contributed by atoms with Gasteiger partial charge in [0.1, 0.15) is 0 Å². The summed E-state index contributed by atoms with van der Waals surface area (Å²) in [7, 11) is 0. The van der Waals surface area contributed by atoms with Crippen LogP contribution in [-0.2, 0) is 9.59 Å². The molecule has 0 saturated carbocycles. The van der Waals surface area contributed by atoms with Crippen LogP contribution >= 0.6 is 0 Å². The van der Waals surface area contributed by atoms with Gasteiger partial charge in [0.25, 0.3) is 5.91 Å². The molecule has 1 unspecified atom stereocenters. The highest BCUT2D eigenvalue weighted by Gasteiger charge is 2.41. The van der Waals surface area contributed by atoms with Crippen LogP contribution in [0.25, 0.3) is 0 Å². The fraction of sp³-hybridized carbons (Fsp3) is 0.333. The van der Waals surface area contributed by atoms with Crippen molar-refractivity contribution < 1.29 is 22.8 Å². The van der Waals surface area contributed by atoms with Gasteiger partial charge in [-0.15, -0.1) is 0 Å². The third-order valence-electron chi connectivity index (χ3n) is 2.71. The molecular formula is C12H11F3N2O2. The second-order valence-electron chi connectivity index (χ2n) is 4.16. The summed E-state index contributed by atoms with van der Waals surface area (Å²) in [5.41, 5.74) is 0.369. The minimum Gasteiger partial charge on any atom is -0.297 e. The smallest absolute Gasteiger partial charge is 0.297 e. The molecule has 1 N–H and O–H groups in total. The van der Waals surface area contributed by atoms with Crippen LogP contribution in [0.3, 0.4) is 0 Å². The molecule has 19 heavy (non-hydrogen) atoms. The van der Waals surface area contributed by atoms with Crippen LogP contribution in [0, 0.1) is 0 Å². The van der Waals surface area contributed by atoms with Gasteiger partial charge < -0.3 is 0 Å². The molecule has 7 heteroatoms. The van der Waals surface area contributed by atoms with Gasteiger partial charge in [0, 0.05) is 0 Å². The van der Waals surface area contributed by atoms with Gasteiger partial charge in [0.15, 0.2) is 0 Å². The number of alkyl halides is 3. The average Bonchev–Trinajstić information content (AvgIpc) is 2.62. The molecule has 1 aromatic carbocycles. The summed E-state index contributed by atoms with van der Waals surface area (Å²) in [6.07, 6.45) is -4.67. The summed E-state index contributed by atoms with van der Waals surface area (Å²) in [4.78, 5) is 24.5. The molecule has 0 spiro atoms. The molecule has 1 aromatic rings. The number of imide groups is 1. The van der Waals surface area contributed by atoms with Crippen molar-refractivity contribution in [2.24, 2.45) is 0 Å². The number of carbonyl (C=O) groups is 2. The first-order valence-electron chi connectivity index (χ1n) is 5.60. The Balaban J connectivity index is 2.09. The molecule has 1 atom stereocenters. The Morgan fingerprint density at radius 3 is 2.42 bits per heavy atom. The summed E-state index contributed by atoms with van der Waals surface area (Å²) in [6, 6.07) is 7.01. The Morgan fingerprint density at radius 2 is 1.84 bits per heavy atom. The standard InChI is InChI=1S/C12H11F3N2O2/c13-12(14,15)7-16-9-6-10(18)17(11(9)19)8-4-2-1-3-5-8/h1-5,9,16H,6-7H2. The summed E-state index contributed by atoms with van der Waals surface area (Å²) in [6.45, 7) is -1.29. The van der Waals surface area contributed by atoms with Crippen LogP contribution in [0.2, 0.25) is 0 Å². The SMILES string of the molecule is O=C1CC(NCC(F)(F)F)C(=O)N1c1ccccc1. The third kappa shape index (κ3) is 3.11. The number of benzene rings is 1. The van der Waals surface area contributed by atoms with E-state index in [0.717, 1.165) is 4.90 Å². The zero-order valence-corrected chi connectivity index (χ0v) is 9.78. The van der Waals surface area contributed by atoms with E-state index in [1.54, 1.807) is 30.3 Å². The molecular weight excluding hydrogens is 261 g/mol. The molecule has 1 saturated heterocycles. The zero-order valence-electron chi connectivity index (χ0n) is 9.78. The molecule has 1 aliphatic heterocycles. The molecule has 1 aliphatic rings. The van der Waals surface area contributed by atoms with Crippen LogP contribution in [0.4, 0.5) is 18.9 Å². The highest BCUT2D eigenvalue weighted by molar-refractivity contribution is 6.22. The second-order valence-corrected chi connectivity index (χ2v) is 4.16. The number of rotatable bonds is 3. The van der Waals surface area contributed by atoms with Crippen molar-refractivity contribution in [3.63, 3.8) is 0 Å². The Bertz CT molecular complexity index is 487. The van der Waals surface area contributed by atoms with Crippen molar-refractivity contribution in [2.45, 2.75) is 18.6 Å². The first-order chi connectivity index (χ1) is 8.88. The lowest BCUT2D eigenvalue weighted by Gasteiger charge is -2.16. The van der Waals surface area contributed by atoms with E-state index in [4.69, 9.17) is 0 Å². The van der Waals surface area contributed by atoms with Crippen molar-refractivity contribution >= 4 is 17.5 Å². The molecule has 0 aliphatic carbocycles. The van der Waals surface area contributed by atoms with E-state index in [-0.39, 0.29) is 6.42 Å². The number of amides is 2. The van der Waals surface area contributed by atoms with Gasteiger partial charge in [-0.25, -0.2) is 4.90 Å². The van der Waals surface area contributed by atoms with Crippen LogP contribution in [0.1, 0.15) is 6.42 Å². The van der Waals surface area contributed by atoms with Gasteiger partial charge in [-0.3, -0.25) is 14.9 Å². The zero-order chi connectivity index (χ0) is 14.0. The van der Waals surface area contributed by atoms with Gasteiger partial charge in [-0.2, -0.15) is 13.2 Å². The number of nitrogens with one attached hydrogen (secondary N) is 1. The van der Waals surface area contributed by atoms with Crippen LogP contribution in [0.5, 0.6) is 0 Å². The third-order valence-corrected chi connectivity index (χ3v) is 2.71. The van der Waals surface area contributed by atoms with Gasteiger partial charge in [-0.1, -0.05) is 18.2 Å². The van der Waals surface area contributed by atoms with Gasteiger partial charge >= 0.3 is 6.18 Å². The van der Waals surface area contributed by atoms with Crippen molar-refractivity contribution in [1.82, 2.24) is 5.32 Å². The maximum atomic E-state index is 12.1. The largest absolute Gasteiger partial charge is 0.401 e.